The Balaban J connectivity index is 1.35. The van der Waals surface area contributed by atoms with Gasteiger partial charge in [0.25, 0.3) is 0 Å². The number of para-hydroxylation sites is 1. The minimum atomic E-state index is -0.0488. The van der Waals surface area contributed by atoms with E-state index in [1.165, 1.54) is 23.0 Å². The number of fused-ring (bicyclic) bond motifs is 1. The van der Waals surface area contributed by atoms with Crippen LogP contribution in [-0.2, 0) is 11.2 Å². The van der Waals surface area contributed by atoms with Crippen molar-refractivity contribution >= 4 is 34.7 Å². The summed E-state index contributed by atoms with van der Waals surface area (Å²) >= 11 is 1.44. The lowest BCUT2D eigenvalue weighted by atomic mass is 10.2. The fraction of sp³-hybridized carbons (Fsp3) is 0.136. The van der Waals surface area contributed by atoms with Crippen molar-refractivity contribution in [3.05, 3.63) is 78.4 Å². The highest BCUT2D eigenvalue weighted by Gasteiger charge is 2.19. The number of thioether (sulfide) groups is 1. The zero-order valence-corrected chi connectivity index (χ0v) is 15.6. The number of amides is 1. The average Bonchev–Trinajstić information content (AvgIpc) is 3.12. The minimum Gasteiger partial charge on any atom is -0.508 e. The maximum Gasteiger partial charge on any atom is 0.234 e. The number of nitrogens with one attached hydrogen (secondary N) is 1. The van der Waals surface area contributed by atoms with Crippen LogP contribution >= 0.6 is 11.8 Å². The van der Waals surface area contributed by atoms with Gasteiger partial charge in [-0.05, 0) is 66.6 Å². The van der Waals surface area contributed by atoms with Crippen molar-refractivity contribution in [3.8, 4) is 5.75 Å². The number of aromatic hydroxyl groups is 1. The third kappa shape index (κ3) is 4.09. The Morgan fingerprint density at radius 2 is 1.74 bits per heavy atom. The lowest BCUT2D eigenvalue weighted by Gasteiger charge is -2.20. The zero-order chi connectivity index (χ0) is 18.6. The molecule has 27 heavy (non-hydrogen) atoms. The first-order chi connectivity index (χ1) is 13.2. The van der Waals surface area contributed by atoms with Crippen LogP contribution in [0.25, 0.3) is 0 Å². The first kappa shape index (κ1) is 17.5. The minimum absolute atomic E-state index is 0.0488. The van der Waals surface area contributed by atoms with Crippen LogP contribution in [-0.4, -0.2) is 23.3 Å². The van der Waals surface area contributed by atoms with Gasteiger partial charge in [0.1, 0.15) is 5.75 Å². The molecule has 0 atom stereocenters. The molecule has 2 N–H and O–H groups in total. The van der Waals surface area contributed by atoms with Gasteiger partial charge in [-0.3, -0.25) is 4.79 Å². The number of phenolic OH excluding ortho intramolecular Hbond substituents is 1. The summed E-state index contributed by atoms with van der Waals surface area (Å²) in [7, 11) is 0. The Morgan fingerprint density at radius 3 is 2.52 bits per heavy atom. The maximum atomic E-state index is 12.2. The highest BCUT2D eigenvalue weighted by molar-refractivity contribution is 8.00. The Labute approximate surface area is 162 Å². The van der Waals surface area contributed by atoms with E-state index in [0.29, 0.717) is 5.75 Å². The standard InChI is InChI=1S/C22H20N2O2S/c25-19-9-11-20(12-10-19)27-15-22(26)23-17-5-7-18(8-6-17)24-14-13-16-3-1-2-4-21(16)24/h1-12,25H,13-15H2,(H,23,26). The third-order valence-electron chi connectivity index (χ3n) is 4.56. The van der Waals surface area contributed by atoms with E-state index < -0.39 is 0 Å². The van der Waals surface area contributed by atoms with Crippen molar-refractivity contribution in [1.29, 1.82) is 0 Å². The number of hydrogen-bond acceptors (Lipinski definition) is 4. The molecular formula is C22H20N2O2S. The molecule has 1 amide bonds. The molecule has 0 aliphatic carbocycles. The molecule has 0 unspecified atom stereocenters. The monoisotopic (exact) mass is 376 g/mol. The molecular weight excluding hydrogens is 356 g/mol. The molecule has 5 heteroatoms. The Bertz CT molecular complexity index is 939. The molecule has 0 saturated heterocycles. The fourth-order valence-electron chi connectivity index (χ4n) is 3.22. The summed E-state index contributed by atoms with van der Waals surface area (Å²) in [5.74, 6) is 0.503. The van der Waals surface area contributed by atoms with Gasteiger partial charge in [-0.25, -0.2) is 0 Å². The van der Waals surface area contributed by atoms with Crippen LogP contribution in [0.3, 0.4) is 0 Å². The highest BCUT2D eigenvalue weighted by atomic mass is 32.2. The number of nitrogens with zero attached hydrogens (tertiary/aromatic N) is 1. The lowest BCUT2D eigenvalue weighted by Crippen LogP contribution is -2.15. The summed E-state index contributed by atoms with van der Waals surface area (Å²) in [5, 5.41) is 12.2. The molecule has 136 valence electrons. The highest BCUT2D eigenvalue weighted by Crippen LogP contribution is 2.34. The van der Waals surface area contributed by atoms with Crippen molar-refractivity contribution in [2.45, 2.75) is 11.3 Å². The van der Waals surface area contributed by atoms with Gasteiger partial charge in [0.2, 0.25) is 5.91 Å². The van der Waals surface area contributed by atoms with Crippen LogP contribution in [0, 0.1) is 0 Å². The molecule has 0 radical (unpaired) electrons. The van der Waals surface area contributed by atoms with E-state index in [9.17, 15) is 9.90 Å². The topological polar surface area (TPSA) is 52.6 Å². The molecule has 0 saturated carbocycles. The first-order valence-corrected chi connectivity index (χ1v) is 9.85. The van der Waals surface area contributed by atoms with Crippen LogP contribution in [0.5, 0.6) is 5.75 Å². The van der Waals surface area contributed by atoms with Crippen LogP contribution in [0.4, 0.5) is 17.1 Å². The number of carbonyl (C=O) groups is 1. The van der Waals surface area contributed by atoms with Crippen LogP contribution in [0.2, 0.25) is 0 Å². The number of rotatable bonds is 5. The van der Waals surface area contributed by atoms with Crippen molar-refractivity contribution in [2.75, 3.05) is 22.5 Å². The number of phenols is 1. The van der Waals surface area contributed by atoms with Crippen molar-refractivity contribution < 1.29 is 9.90 Å². The van der Waals surface area contributed by atoms with Gasteiger partial charge in [-0.15, -0.1) is 11.8 Å². The number of benzene rings is 3. The quantitative estimate of drug-likeness (QED) is 0.627. The van der Waals surface area contributed by atoms with Crippen molar-refractivity contribution in [1.82, 2.24) is 0 Å². The van der Waals surface area contributed by atoms with Crippen molar-refractivity contribution in [3.63, 3.8) is 0 Å². The molecule has 3 aromatic rings. The van der Waals surface area contributed by atoms with Gasteiger partial charge in [0.05, 0.1) is 5.75 Å². The molecule has 0 aromatic heterocycles. The second-order valence-corrected chi connectivity index (χ2v) is 7.46. The van der Waals surface area contributed by atoms with E-state index >= 15 is 0 Å². The van der Waals surface area contributed by atoms with Gasteiger partial charge in [0, 0.05) is 28.5 Å². The molecule has 3 aromatic carbocycles. The van der Waals surface area contributed by atoms with E-state index in [4.69, 9.17) is 0 Å². The second kappa shape index (κ2) is 7.76. The predicted octanol–water partition coefficient (Wildman–Crippen LogP) is 4.82. The van der Waals surface area contributed by atoms with Crippen LogP contribution in [0.1, 0.15) is 5.56 Å². The number of anilines is 3. The Hall–Kier alpha value is -2.92. The smallest absolute Gasteiger partial charge is 0.234 e. The number of hydrogen-bond donors (Lipinski definition) is 2. The summed E-state index contributed by atoms with van der Waals surface area (Å²) in [6.07, 6.45) is 1.06. The summed E-state index contributed by atoms with van der Waals surface area (Å²) in [6, 6.07) is 23.3. The molecule has 4 rings (SSSR count). The first-order valence-electron chi connectivity index (χ1n) is 8.86. The summed E-state index contributed by atoms with van der Waals surface area (Å²) in [6.45, 7) is 0.980. The molecule has 4 nitrogen and oxygen atoms in total. The summed E-state index contributed by atoms with van der Waals surface area (Å²) in [4.78, 5) is 15.4. The van der Waals surface area contributed by atoms with Crippen LogP contribution < -0.4 is 10.2 Å². The van der Waals surface area contributed by atoms with Gasteiger partial charge in [-0.1, -0.05) is 18.2 Å². The molecule has 0 spiro atoms. The molecule has 1 aliphatic rings. The second-order valence-electron chi connectivity index (χ2n) is 6.41. The summed E-state index contributed by atoms with van der Waals surface area (Å²) in [5.41, 5.74) is 4.57. The SMILES string of the molecule is O=C(CSc1ccc(O)cc1)Nc1ccc(N2CCc3ccccc32)cc1. The Morgan fingerprint density at radius 1 is 1.00 bits per heavy atom. The third-order valence-corrected chi connectivity index (χ3v) is 5.57. The van der Waals surface area contributed by atoms with Gasteiger partial charge in [0.15, 0.2) is 0 Å². The predicted molar refractivity (Wildman–Crippen MR) is 111 cm³/mol. The van der Waals surface area contributed by atoms with E-state index in [1.807, 2.05) is 24.3 Å². The number of carbonyl (C=O) groups excluding carboxylic acids is 1. The van der Waals surface area contributed by atoms with E-state index in [0.717, 1.165) is 29.2 Å². The zero-order valence-electron chi connectivity index (χ0n) is 14.8. The van der Waals surface area contributed by atoms with Crippen LogP contribution in [0.15, 0.2) is 77.7 Å². The Kier molecular flexibility index (Phi) is 5.03. The van der Waals surface area contributed by atoms with E-state index in [-0.39, 0.29) is 11.7 Å². The average molecular weight is 376 g/mol. The molecule has 1 aliphatic heterocycles. The van der Waals surface area contributed by atoms with E-state index in [2.05, 4.69) is 34.5 Å². The molecule has 0 fully saturated rings. The molecule has 0 bridgehead atoms. The van der Waals surface area contributed by atoms with Gasteiger partial charge in [-0.2, -0.15) is 0 Å². The van der Waals surface area contributed by atoms with E-state index in [1.54, 1.807) is 24.3 Å². The maximum absolute atomic E-state index is 12.2. The molecule has 1 heterocycles. The fourth-order valence-corrected chi connectivity index (χ4v) is 3.92. The normalized spacial score (nSPS) is 12.7. The summed E-state index contributed by atoms with van der Waals surface area (Å²) < 4.78 is 0. The largest absolute Gasteiger partial charge is 0.508 e. The van der Waals surface area contributed by atoms with Gasteiger partial charge < -0.3 is 15.3 Å². The lowest BCUT2D eigenvalue weighted by molar-refractivity contribution is -0.113. The van der Waals surface area contributed by atoms with Gasteiger partial charge >= 0.3 is 0 Å². The van der Waals surface area contributed by atoms with Crippen molar-refractivity contribution in [2.24, 2.45) is 0 Å².